The zero-order chi connectivity index (χ0) is 13.4. The van der Waals surface area contributed by atoms with Crippen LogP contribution in [0.2, 0.25) is 0 Å². The van der Waals surface area contributed by atoms with E-state index >= 15 is 0 Å². The van der Waals surface area contributed by atoms with Crippen molar-refractivity contribution in [3.63, 3.8) is 0 Å². The summed E-state index contributed by atoms with van der Waals surface area (Å²) >= 11 is 5.14. The minimum atomic E-state index is -0.405. The standard InChI is InChI=1S/C13H11N3O2S/c17-16(18)11-4-2-1-3-9(11)13-14-10(8-5-6-8)7-12(19)15-13/h1-4,7-8H,5-6H2,(H,14,15,19). The Morgan fingerprint density at radius 3 is 2.79 bits per heavy atom. The summed E-state index contributed by atoms with van der Waals surface area (Å²) in [6, 6.07) is 8.39. The zero-order valence-corrected chi connectivity index (χ0v) is 10.8. The minimum Gasteiger partial charge on any atom is -0.343 e. The molecule has 2 aromatic rings. The monoisotopic (exact) mass is 273 g/mol. The molecule has 5 nitrogen and oxygen atoms in total. The molecule has 1 aromatic heterocycles. The normalized spacial score (nSPS) is 14.3. The first-order valence-corrected chi connectivity index (χ1v) is 6.41. The first-order chi connectivity index (χ1) is 9.15. The molecule has 1 N–H and O–H groups in total. The molecule has 0 unspecified atom stereocenters. The molecule has 0 bridgehead atoms. The maximum Gasteiger partial charge on any atom is 0.280 e. The number of H-pyrrole nitrogens is 1. The molecule has 19 heavy (non-hydrogen) atoms. The molecule has 0 atom stereocenters. The van der Waals surface area contributed by atoms with Gasteiger partial charge in [-0.2, -0.15) is 0 Å². The molecule has 0 spiro atoms. The van der Waals surface area contributed by atoms with Crippen LogP contribution in [-0.2, 0) is 0 Å². The molecule has 0 aliphatic heterocycles. The van der Waals surface area contributed by atoms with E-state index in [9.17, 15) is 10.1 Å². The Labute approximate surface area is 114 Å². The molecule has 3 rings (SSSR count). The summed E-state index contributed by atoms with van der Waals surface area (Å²) in [6.45, 7) is 0. The van der Waals surface area contributed by atoms with Crippen molar-refractivity contribution in [2.24, 2.45) is 0 Å². The lowest BCUT2D eigenvalue weighted by Crippen LogP contribution is -1.98. The topological polar surface area (TPSA) is 71.8 Å². The maximum absolute atomic E-state index is 11.0. The number of hydrogen-bond donors (Lipinski definition) is 1. The lowest BCUT2D eigenvalue weighted by Gasteiger charge is -2.05. The fourth-order valence-electron chi connectivity index (χ4n) is 2.05. The molecular weight excluding hydrogens is 262 g/mol. The van der Waals surface area contributed by atoms with Crippen LogP contribution in [0, 0.1) is 14.8 Å². The van der Waals surface area contributed by atoms with E-state index in [0.717, 1.165) is 18.5 Å². The first-order valence-electron chi connectivity index (χ1n) is 6.00. The van der Waals surface area contributed by atoms with E-state index in [4.69, 9.17) is 12.2 Å². The van der Waals surface area contributed by atoms with Gasteiger partial charge in [-0.05, 0) is 30.9 Å². The van der Waals surface area contributed by atoms with Gasteiger partial charge in [0, 0.05) is 11.8 Å². The third-order valence-electron chi connectivity index (χ3n) is 3.14. The van der Waals surface area contributed by atoms with Gasteiger partial charge in [0.25, 0.3) is 5.69 Å². The average molecular weight is 273 g/mol. The zero-order valence-electron chi connectivity index (χ0n) is 10.00. The number of nitro benzene ring substituents is 1. The van der Waals surface area contributed by atoms with Crippen LogP contribution >= 0.6 is 12.2 Å². The van der Waals surface area contributed by atoms with Gasteiger partial charge in [0.05, 0.1) is 10.5 Å². The SMILES string of the molecule is O=[N+]([O-])c1ccccc1-c1nc(=S)cc(C2CC2)[nH]1. The van der Waals surface area contributed by atoms with Gasteiger partial charge >= 0.3 is 0 Å². The highest BCUT2D eigenvalue weighted by atomic mass is 32.1. The van der Waals surface area contributed by atoms with E-state index in [2.05, 4.69) is 9.97 Å². The van der Waals surface area contributed by atoms with Crippen LogP contribution in [0.1, 0.15) is 24.5 Å². The Bertz CT molecular complexity index is 707. The number of rotatable bonds is 3. The van der Waals surface area contributed by atoms with Crippen LogP contribution in [0.5, 0.6) is 0 Å². The van der Waals surface area contributed by atoms with Crippen LogP contribution in [-0.4, -0.2) is 14.9 Å². The molecule has 6 heteroatoms. The molecule has 96 valence electrons. The van der Waals surface area contributed by atoms with Gasteiger partial charge in [-0.25, -0.2) is 4.98 Å². The Morgan fingerprint density at radius 2 is 2.11 bits per heavy atom. The van der Waals surface area contributed by atoms with Crippen molar-refractivity contribution in [1.29, 1.82) is 0 Å². The highest BCUT2D eigenvalue weighted by Crippen LogP contribution is 2.39. The van der Waals surface area contributed by atoms with Crippen molar-refractivity contribution in [1.82, 2.24) is 9.97 Å². The first kappa shape index (κ1) is 12.0. The second-order valence-corrected chi connectivity index (χ2v) is 4.99. The van der Waals surface area contributed by atoms with E-state index in [0.29, 0.717) is 21.9 Å². The Hall–Kier alpha value is -2.08. The minimum absolute atomic E-state index is 0.0357. The van der Waals surface area contributed by atoms with E-state index in [-0.39, 0.29) is 5.69 Å². The van der Waals surface area contributed by atoms with Gasteiger partial charge in [0.1, 0.15) is 10.5 Å². The van der Waals surface area contributed by atoms with Crippen molar-refractivity contribution in [2.75, 3.05) is 0 Å². The smallest absolute Gasteiger partial charge is 0.280 e. The van der Waals surface area contributed by atoms with Crippen LogP contribution in [0.4, 0.5) is 5.69 Å². The second kappa shape index (κ2) is 4.55. The average Bonchev–Trinajstić information content (AvgIpc) is 3.22. The van der Waals surface area contributed by atoms with Crippen molar-refractivity contribution < 1.29 is 4.92 Å². The summed E-state index contributed by atoms with van der Waals surface area (Å²) in [4.78, 5) is 18.0. The summed E-state index contributed by atoms with van der Waals surface area (Å²) in [7, 11) is 0. The fraction of sp³-hybridized carbons (Fsp3) is 0.231. The van der Waals surface area contributed by atoms with Gasteiger partial charge in [-0.1, -0.05) is 24.4 Å². The number of nitro groups is 1. The largest absolute Gasteiger partial charge is 0.343 e. The van der Waals surface area contributed by atoms with E-state index in [1.54, 1.807) is 18.2 Å². The number of nitrogens with zero attached hydrogens (tertiary/aromatic N) is 2. The molecule has 1 saturated carbocycles. The van der Waals surface area contributed by atoms with Crippen molar-refractivity contribution in [3.8, 4) is 11.4 Å². The van der Waals surface area contributed by atoms with Crippen LogP contribution in [0.15, 0.2) is 30.3 Å². The number of aromatic nitrogens is 2. The Morgan fingerprint density at radius 1 is 1.37 bits per heavy atom. The van der Waals surface area contributed by atoms with Crippen molar-refractivity contribution >= 4 is 17.9 Å². The lowest BCUT2D eigenvalue weighted by molar-refractivity contribution is -0.384. The third kappa shape index (κ3) is 2.39. The number of para-hydroxylation sites is 1. The molecule has 1 aromatic carbocycles. The molecule has 0 saturated heterocycles. The Balaban J connectivity index is 2.16. The summed E-state index contributed by atoms with van der Waals surface area (Å²) < 4.78 is 0.466. The van der Waals surface area contributed by atoms with Gasteiger partial charge in [0.2, 0.25) is 0 Å². The summed E-state index contributed by atoms with van der Waals surface area (Å²) in [5, 5.41) is 11.0. The number of hydrogen-bond acceptors (Lipinski definition) is 4. The predicted octanol–water partition coefficient (Wildman–Crippen LogP) is 3.59. The van der Waals surface area contributed by atoms with E-state index in [1.165, 1.54) is 6.07 Å². The predicted molar refractivity (Wildman–Crippen MR) is 73.5 cm³/mol. The maximum atomic E-state index is 11.0. The molecule has 1 aliphatic carbocycles. The van der Waals surface area contributed by atoms with Crippen molar-refractivity contribution in [2.45, 2.75) is 18.8 Å². The number of nitrogens with one attached hydrogen (secondary N) is 1. The van der Waals surface area contributed by atoms with Gasteiger partial charge in [0.15, 0.2) is 0 Å². The number of benzene rings is 1. The number of aromatic amines is 1. The van der Waals surface area contributed by atoms with E-state index < -0.39 is 4.92 Å². The quantitative estimate of drug-likeness (QED) is 0.527. The van der Waals surface area contributed by atoms with Crippen molar-refractivity contribution in [3.05, 3.63) is 50.8 Å². The molecule has 0 amide bonds. The summed E-state index contributed by atoms with van der Waals surface area (Å²) in [6.07, 6.45) is 2.26. The van der Waals surface area contributed by atoms with Crippen LogP contribution in [0.3, 0.4) is 0 Å². The van der Waals surface area contributed by atoms with Gasteiger partial charge in [-0.3, -0.25) is 10.1 Å². The second-order valence-electron chi connectivity index (χ2n) is 4.57. The van der Waals surface area contributed by atoms with Crippen LogP contribution < -0.4 is 0 Å². The molecule has 0 radical (unpaired) electrons. The highest BCUT2D eigenvalue weighted by molar-refractivity contribution is 7.71. The van der Waals surface area contributed by atoms with Gasteiger partial charge in [-0.15, -0.1) is 0 Å². The Kier molecular flexibility index (Phi) is 2.87. The lowest BCUT2D eigenvalue weighted by atomic mass is 10.1. The highest BCUT2D eigenvalue weighted by Gasteiger charge is 2.25. The van der Waals surface area contributed by atoms with Crippen LogP contribution in [0.25, 0.3) is 11.4 Å². The molecule has 1 heterocycles. The molecule has 1 fully saturated rings. The fourth-order valence-corrected chi connectivity index (χ4v) is 2.27. The third-order valence-corrected chi connectivity index (χ3v) is 3.35. The molecular formula is C13H11N3O2S. The summed E-state index contributed by atoms with van der Waals surface area (Å²) in [5.41, 5.74) is 1.53. The summed E-state index contributed by atoms with van der Waals surface area (Å²) in [5.74, 6) is 0.966. The molecule has 1 aliphatic rings. The van der Waals surface area contributed by atoms with Gasteiger partial charge < -0.3 is 4.98 Å². The van der Waals surface area contributed by atoms with E-state index in [1.807, 2.05) is 6.07 Å².